The summed E-state index contributed by atoms with van der Waals surface area (Å²) in [6.45, 7) is 6.32. The first-order valence-corrected chi connectivity index (χ1v) is 6.34. The zero-order valence-corrected chi connectivity index (χ0v) is 12.4. The maximum Gasteiger partial charge on any atom is 0.124 e. The van der Waals surface area contributed by atoms with Crippen molar-refractivity contribution in [1.82, 2.24) is 4.90 Å². The molecule has 2 nitrogen and oxygen atoms in total. The standard InChI is InChI=1S/C14H22ClNO/c1-9-7-12(13(8-15)16(4)5)10(2)11(3)14(9)17-6/h7,13H,8H2,1-6H3. The highest BCUT2D eigenvalue weighted by atomic mass is 35.5. The summed E-state index contributed by atoms with van der Waals surface area (Å²) >= 11 is 6.07. The van der Waals surface area contributed by atoms with Crippen molar-refractivity contribution in [1.29, 1.82) is 0 Å². The fraction of sp³-hybridized carbons (Fsp3) is 0.571. The average Bonchev–Trinajstić information content (AvgIpc) is 2.26. The Hall–Kier alpha value is -0.730. The van der Waals surface area contributed by atoms with E-state index in [1.165, 1.54) is 22.3 Å². The van der Waals surface area contributed by atoms with E-state index in [2.05, 4.69) is 45.8 Å². The van der Waals surface area contributed by atoms with E-state index < -0.39 is 0 Å². The molecule has 0 bridgehead atoms. The molecule has 1 aromatic rings. The number of alkyl halides is 1. The Morgan fingerprint density at radius 3 is 2.24 bits per heavy atom. The fourth-order valence-corrected chi connectivity index (χ4v) is 2.69. The van der Waals surface area contributed by atoms with Crippen LogP contribution in [0.25, 0.3) is 0 Å². The van der Waals surface area contributed by atoms with E-state index in [-0.39, 0.29) is 6.04 Å². The van der Waals surface area contributed by atoms with E-state index in [0.29, 0.717) is 5.88 Å². The van der Waals surface area contributed by atoms with E-state index in [9.17, 15) is 0 Å². The third-order valence-electron chi connectivity index (χ3n) is 3.40. The first kappa shape index (κ1) is 14.3. The lowest BCUT2D eigenvalue weighted by atomic mass is 9.94. The number of nitrogens with zero attached hydrogens (tertiary/aromatic N) is 1. The predicted molar refractivity (Wildman–Crippen MR) is 74.4 cm³/mol. The lowest BCUT2D eigenvalue weighted by molar-refractivity contribution is 0.322. The third kappa shape index (κ3) is 2.75. The number of halogens is 1. The molecule has 1 aromatic carbocycles. The summed E-state index contributed by atoms with van der Waals surface area (Å²) in [5.74, 6) is 1.58. The van der Waals surface area contributed by atoms with Crippen LogP contribution in [0, 0.1) is 20.8 Å². The summed E-state index contributed by atoms with van der Waals surface area (Å²) in [6.07, 6.45) is 0. The van der Waals surface area contributed by atoms with Crippen molar-refractivity contribution in [3.63, 3.8) is 0 Å². The van der Waals surface area contributed by atoms with Crippen molar-refractivity contribution in [3.05, 3.63) is 28.3 Å². The molecule has 1 rings (SSSR count). The molecule has 0 aliphatic carbocycles. The molecule has 0 saturated carbocycles. The highest BCUT2D eigenvalue weighted by Crippen LogP contribution is 2.33. The lowest BCUT2D eigenvalue weighted by Crippen LogP contribution is -2.22. The van der Waals surface area contributed by atoms with E-state index in [4.69, 9.17) is 16.3 Å². The quantitative estimate of drug-likeness (QED) is 0.764. The Bertz CT molecular complexity index is 402. The molecule has 1 atom stereocenters. The number of hydrogen-bond acceptors (Lipinski definition) is 2. The number of rotatable bonds is 4. The molecule has 17 heavy (non-hydrogen) atoms. The van der Waals surface area contributed by atoms with Crippen LogP contribution in [0.5, 0.6) is 5.75 Å². The topological polar surface area (TPSA) is 12.5 Å². The Labute approximate surface area is 110 Å². The van der Waals surface area contributed by atoms with Gasteiger partial charge in [-0.05, 0) is 57.1 Å². The van der Waals surface area contributed by atoms with Gasteiger partial charge in [-0.3, -0.25) is 0 Å². The largest absolute Gasteiger partial charge is 0.496 e. The lowest BCUT2D eigenvalue weighted by Gasteiger charge is -2.26. The van der Waals surface area contributed by atoms with Crippen LogP contribution in [0.3, 0.4) is 0 Å². The SMILES string of the molecule is COc1c(C)cc(C(CCl)N(C)C)c(C)c1C. The first-order valence-electron chi connectivity index (χ1n) is 5.81. The minimum Gasteiger partial charge on any atom is -0.496 e. The van der Waals surface area contributed by atoms with Gasteiger partial charge < -0.3 is 9.64 Å². The molecule has 0 spiro atoms. The average molecular weight is 256 g/mol. The van der Waals surface area contributed by atoms with E-state index in [1.54, 1.807) is 7.11 Å². The van der Waals surface area contributed by atoms with Crippen LogP contribution in [-0.2, 0) is 0 Å². The van der Waals surface area contributed by atoms with Crippen molar-refractivity contribution in [2.24, 2.45) is 0 Å². The van der Waals surface area contributed by atoms with Crippen molar-refractivity contribution in [2.45, 2.75) is 26.8 Å². The van der Waals surface area contributed by atoms with Gasteiger partial charge in [0, 0.05) is 11.9 Å². The molecule has 0 radical (unpaired) electrons. The molecular weight excluding hydrogens is 234 g/mol. The summed E-state index contributed by atoms with van der Waals surface area (Å²) in [5, 5.41) is 0. The van der Waals surface area contributed by atoms with Crippen molar-refractivity contribution in [3.8, 4) is 5.75 Å². The van der Waals surface area contributed by atoms with Gasteiger partial charge in [0.2, 0.25) is 0 Å². The van der Waals surface area contributed by atoms with Crippen LogP contribution in [0.15, 0.2) is 6.07 Å². The first-order chi connectivity index (χ1) is 7.93. The number of hydrogen-bond donors (Lipinski definition) is 0. The maximum atomic E-state index is 6.07. The van der Waals surface area contributed by atoms with Crippen LogP contribution < -0.4 is 4.74 Å². The van der Waals surface area contributed by atoms with Crippen molar-refractivity contribution in [2.75, 3.05) is 27.1 Å². The van der Waals surface area contributed by atoms with Crippen LogP contribution >= 0.6 is 11.6 Å². The fourth-order valence-electron chi connectivity index (χ4n) is 2.25. The smallest absolute Gasteiger partial charge is 0.124 e. The van der Waals surface area contributed by atoms with Gasteiger partial charge in [-0.15, -0.1) is 11.6 Å². The summed E-state index contributed by atoms with van der Waals surface area (Å²) in [4.78, 5) is 2.15. The third-order valence-corrected chi connectivity index (χ3v) is 3.69. The zero-order valence-electron chi connectivity index (χ0n) is 11.6. The van der Waals surface area contributed by atoms with Gasteiger partial charge in [0.15, 0.2) is 0 Å². The second-order valence-corrected chi connectivity index (χ2v) is 5.01. The highest BCUT2D eigenvalue weighted by molar-refractivity contribution is 6.18. The van der Waals surface area contributed by atoms with Crippen molar-refractivity contribution >= 4 is 11.6 Å². The van der Waals surface area contributed by atoms with Gasteiger partial charge in [0.05, 0.1) is 7.11 Å². The summed E-state index contributed by atoms with van der Waals surface area (Å²) in [6, 6.07) is 2.44. The van der Waals surface area contributed by atoms with Gasteiger partial charge in [-0.2, -0.15) is 0 Å². The summed E-state index contributed by atoms with van der Waals surface area (Å²) in [5.41, 5.74) is 4.94. The Morgan fingerprint density at radius 1 is 1.24 bits per heavy atom. The Kier molecular flexibility index (Phi) is 4.84. The number of methoxy groups -OCH3 is 1. The van der Waals surface area contributed by atoms with Gasteiger partial charge in [0.1, 0.15) is 5.75 Å². The van der Waals surface area contributed by atoms with E-state index in [1.807, 2.05) is 0 Å². The molecule has 0 aliphatic heterocycles. The molecule has 0 aliphatic rings. The summed E-state index contributed by atoms with van der Waals surface area (Å²) in [7, 11) is 5.84. The zero-order chi connectivity index (χ0) is 13.2. The van der Waals surface area contributed by atoms with Gasteiger partial charge in [-0.25, -0.2) is 0 Å². The molecule has 0 fully saturated rings. The van der Waals surface area contributed by atoms with Crippen LogP contribution in [0.2, 0.25) is 0 Å². The molecule has 96 valence electrons. The number of benzene rings is 1. The van der Waals surface area contributed by atoms with E-state index in [0.717, 1.165) is 5.75 Å². The van der Waals surface area contributed by atoms with E-state index >= 15 is 0 Å². The van der Waals surface area contributed by atoms with Gasteiger partial charge in [-0.1, -0.05) is 6.07 Å². The highest BCUT2D eigenvalue weighted by Gasteiger charge is 2.19. The minimum absolute atomic E-state index is 0.250. The molecule has 0 heterocycles. The van der Waals surface area contributed by atoms with Crippen LogP contribution in [0.1, 0.15) is 28.3 Å². The normalized spacial score (nSPS) is 12.9. The molecule has 0 aromatic heterocycles. The molecule has 1 unspecified atom stereocenters. The molecule has 0 N–H and O–H groups in total. The Balaban J connectivity index is 3.36. The predicted octanol–water partition coefficient (Wildman–Crippen LogP) is 3.46. The molecule has 3 heteroatoms. The Morgan fingerprint density at radius 2 is 1.82 bits per heavy atom. The number of ether oxygens (including phenoxy) is 1. The second kappa shape index (κ2) is 5.74. The van der Waals surface area contributed by atoms with Crippen LogP contribution in [-0.4, -0.2) is 32.0 Å². The molecule has 0 saturated heterocycles. The maximum absolute atomic E-state index is 6.07. The monoisotopic (exact) mass is 255 g/mol. The number of aryl methyl sites for hydroxylation is 1. The molecular formula is C14H22ClNO. The second-order valence-electron chi connectivity index (χ2n) is 4.70. The van der Waals surface area contributed by atoms with Gasteiger partial charge >= 0.3 is 0 Å². The summed E-state index contributed by atoms with van der Waals surface area (Å²) < 4.78 is 5.44. The minimum atomic E-state index is 0.250. The van der Waals surface area contributed by atoms with Gasteiger partial charge in [0.25, 0.3) is 0 Å². The van der Waals surface area contributed by atoms with Crippen molar-refractivity contribution < 1.29 is 4.74 Å². The molecule has 0 amide bonds. The van der Waals surface area contributed by atoms with Crippen LogP contribution in [0.4, 0.5) is 0 Å².